The van der Waals surface area contributed by atoms with E-state index in [1.54, 1.807) is 13.1 Å². The summed E-state index contributed by atoms with van der Waals surface area (Å²) in [5, 5.41) is 3.55. The van der Waals surface area contributed by atoms with Crippen molar-refractivity contribution in [2.75, 3.05) is 37.6 Å². The van der Waals surface area contributed by atoms with Crippen molar-refractivity contribution in [1.29, 1.82) is 0 Å². The summed E-state index contributed by atoms with van der Waals surface area (Å²) in [7, 11) is 0. The van der Waals surface area contributed by atoms with E-state index in [4.69, 9.17) is 0 Å². The summed E-state index contributed by atoms with van der Waals surface area (Å²) in [5.74, 6) is 0.101. The van der Waals surface area contributed by atoms with E-state index in [2.05, 4.69) is 20.6 Å². The van der Waals surface area contributed by atoms with Gasteiger partial charge in [0.1, 0.15) is 11.4 Å². The van der Waals surface area contributed by atoms with E-state index in [1.165, 1.54) is 0 Å². The lowest BCUT2D eigenvalue weighted by molar-refractivity contribution is -0.139. The molecule has 1 aromatic heterocycles. The highest BCUT2D eigenvalue weighted by molar-refractivity contribution is 6.07. The van der Waals surface area contributed by atoms with E-state index in [0.29, 0.717) is 25.9 Å². The van der Waals surface area contributed by atoms with E-state index >= 15 is 0 Å². The largest absolute Gasteiger partial charge is 0.354 e. The van der Waals surface area contributed by atoms with Gasteiger partial charge in [-0.15, -0.1) is 0 Å². The summed E-state index contributed by atoms with van der Waals surface area (Å²) < 4.78 is 0. The van der Waals surface area contributed by atoms with Crippen LogP contribution in [0.15, 0.2) is 54.7 Å². The molecule has 4 rings (SSSR count). The maximum atomic E-state index is 12.9. The number of aromatic nitrogens is 1. The minimum atomic E-state index is -1.05. The molecule has 0 unspecified atom stereocenters. The summed E-state index contributed by atoms with van der Waals surface area (Å²) >= 11 is 0. The summed E-state index contributed by atoms with van der Waals surface area (Å²) in [6.07, 6.45) is 2.86. The Balaban J connectivity index is 1.27. The maximum absolute atomic E-state index is 12.9. The Kier molecular flexibility index (Phi) is 6.36. The molecule has 0 bridgehead atoms. The number of pyridine rings is 1. The van der Waals surface area contributed by atoms with E-state index in [-0.39, 0.29) is 12.5 Å². The molecule has 2 fully saturated rings. The van der Waals surface area contributed by atoms with Gasteiger partial charge in [-0.3, -0.25) is 19.9 Å². The van der Waals surface area contributed by atoms with Crippen LogP contribution in [0.2, 0.25) is 0 Å². The van der Waals surface area contributed by atoms with Crippen molar-refractivity contribution in [3.63, 3.8) is 0 Å². The first-order valence-electron chi connectivity index (χ1n) is 10.8. The second kappa shape index (κ2) is 9.35. The lowest BCUT2D eigenvalue weighted by atomic mass is 9.93. The average Bonchev–Trinajstić information content (AvgIpc) is 3.03. The van der Waals surface area contributed by atoms with Gasteiger partial charge in [-0.05, 0) is 37.5 Å². The van der Waals surface area contributed by atoms with Crippen LogP contribution in [-0.2, 0) is 16.0 Å². The fourth-order valence-corrected chi connectivity index (χ4v) is 4.03. The topological polar surface area (TPSA) is 97.9 Å². The number of carbonyl (C=O) groups excluding carboxylic acids is 3. The summed E-state index contributed by atoms with van der Waals surface area (Å²) in [6.45, 7) is 4.71. The molecule has 0 radical (unpaired) electrons. The van der Waals surface area contributed by atoms with Gasteiger partial charge in [-0.2, -0.15) is 5.01 Å². The lowest BCUT2D eigenvalue weighted by Gasteiger charge is -2.35. The number of aryl methyl sites for hydroxylation is 1. The smallest absolute Gasteiger partial charge is 0.344 e. The van der Waals surface area contributed by atoms with Crippen LogP contribution in [0, 0.1) is 0 Å². The normalized spacial score (nSPS) is 21.5. The van der Waals surface area contributed by atoms with Crippen LogP contribution in [0.25, 0.3) is 0 Å². The van der Waals surface area contributed by atoms with Crippen molar-refractivity contribution < 1.29 is 14.4 Å². The second-order valence-corrected chi connectivity index (χ2v) is 8.37. The molecule has 9 nitrogen and oxygen atoms in total. The Labute approximate surface area is 187 Å². The van der Waals surface area contributed by atoms with Crippen molar-refractivity contribution in [2.45, 2.75) is 25.3 Å². The molecule has 168 valence electrons. The van der Waals surface area contributed by atoms with E-state index in [0.717, 1.165) is 29.5 Å². The Morgan fingerprint density at radius 1 is 1.06 bits per heavy atom. The third-order valence-corrected chi connectivity index (χ3v) is 5.97. The highest BCUT2D eigenvalue weighted by Crippen LogP contribution is 2.22. The molecule has 9 heteroatoms. The van der Waals surface area contributed by atoms with Gasteiger partial charge in [0.25, 0.3) is 11.8 Å². The van der Waals surface area contributed by atoms with Crippen LogP contribution in [0.4, 0.5) is 10.6 Å². The van der Waals surface area contributed by atoms with Crippen molar-refractivity contribution in [3.8, 4) is 0 Å². The fourth-order valence-electron chi connectivity index (χ4n) is 4.03. The maximum Gasteiger partial charge on any atom is 0.344 e. The zero-order valence-electron chi connectivity index (χ0n) is 18.2. The minimum Gasteiger partial charge on any atom is -0.354 e. The lowest BCUT2D eigenvalue weighted by Crippen LogP contribution is -2.54. The van der Waals surface area contributed by atoms with Crippen LogP contribution in [0.3, 0.4) is 0 Å². The molecule has 2 aromatic rings. The minimum absolute atomic E-state index is 0.119. The van der Waals surface area contributed by atoms with Gasteiger partial charge in [0.15, 0.2) is 0 Å². The van der Waals surface area contributed by atoms with Gasteiger partial charge in [-0.25, -0.2) is 9.78 Å². The standard InChI is InChI=1S/C23H28N6O3/c1-23(11-10-18-7-3-2-4-8-18)21(31)29(22(32)25-23)26-20(30)17-27-13-15-28(16-14-27)19-9-5-6-12-24-19/h2-9,12H,10-11,13-17H2,1H3,(H,25,32)(H,26,30)/t23-/m0/s1. The molecular formula is C23H28N6O3. The molecule has 4 amide bonds. The number of hydrazine groups is 1. The number of carbonyl (C=O) groups is 3. The Morgan fingerprint density at radius 3 is 2.47 bits per heavy atom. The summed E-state index contributed by atoms with van der Waals surface area (Å²) in [4.78, 5) is 46.4. The van der Waals surface area contributed by atoms with Crippen LogP contribution in [-0.4, -0.2) is 71.0 Å². The number of amides is 4. The predicted molar refractivity (Wildman–Crippen MR) is 120 cm³/mol. The number of hydrogen-bond acceptors (Lipinski definition) is 6. The first kappa shape index (κ1) is 21.8. The highest BCUT2D eigenvalue weighted by Gasteiger charge is 2.48. The first-order chi connectivity index (χ1) is 15.4. The molecule has 2 aliphatic heterocycles. The van der Waals surface area contributed by atoms with Crippen molar-refractivity contribution in [3.05, 3.63) is 60.3 Å². The summed E-state index contributed by atoms with van der Waals surface area (Å²) in [5.41, 5.74) is 2.53. The van der Waals surface area contributed by atoms with Gasteiger partial charge in [0.2, 0.25) is 0 Å². The molecule has 2 N–H and O–H groups in total. The number of piperazine rings is 1. The quantitative estimate of drug-likeness (QED) is 0.633. The molecule has 2 aliphatic rings. The highest BCUT2D eigenvalue weighted by atomic mass is 16.2. The van der Waals surface area contributed by atoms with Gasteiger partial charge < -0.3 is 10.2 Å². The molecule has 3 heterocycles. The Hall–Kier alpha value is -3.46. The molecule has 1 aromatic carbocycles. The van der Waals surface area contributed by atoms with Gasteiger partial charge >= 0.3 is 6.03 Å². The molecule has 32 heavy (non-hydrogen) atoms. The Morgan fingerprint density at radius 2 is 1.78 bits per heavy atom. The van der Waals surface area contributed by atoms with Gasteiger partial charge in [-0.1, -0.05) is 36.4 Å². The molecule has 2 saturated heterocycles. The van der Waals surface area contributed by atoms with E-state index in [9.17, 15) is 14.4 Å². The first-order valence-corrected chi connectivity index (χ1v) is 10.8. The van der Waals surface area contributed by atoms with Crippen LogP contribution in [0.1, 0.15) is 18.9 Å². The zero-order chi connectivity index (χ0) is 22.6. The number of nitrogens with one attached hydrogen (secondary N) is 2. The number of hydrogen-bond donors (Lipinski definition) is 2. The SMILES string of the molecule is C[C@@]1(CCc2ccccc2)NC(=O)N(NC(=O)CN2CCN(c3ccccn3)CC2)C1=O. The van der Waals surface area contributed by atoms with E-state index in [1.807, 2.05) is 53.4 Å². The zero-order valence-corrected chi connectivity index (χ0v) is 18.2. The van der Waals surface area contributed by atoms with Crippen LogP contribution < -0.4 is 15.6 Å². The van der Waals surface area contributed by atoms with Gasteiger partial charge in [0.05, 0.1) is 6.54 Å². The third-order valence-electron chi connectivity index (χ3n) is 5.97. The molecular weight excluding hydrogens is 408 g/mol. The number of benzene rings is 1. The van der Waals surface area contributed by atoms with E-state index < -0.39 is 17.5 Å². The van der Waals surface area contributed by atoms with Crippen LogP contribution >= 0.6 is 0 Å². The molecule has 1 atom stereocenters. The van der Waals surface area contributed by atoms with Crippen molar-refractivity contribution in [1.82, 2.24) is 25.6 Å². The Bertz CT molecular complexity index is 962. The monoisotopic (exact) mass is 436 g/mol. The number of anilines is 1. The fraction of sp³-hybridized carbons (Fsp3) is 0.391. The summed E-state index contributed by atoms with van der Waals surface area (Å²) in [6, 6.07) is 15.0. The van der Waals surface area contributed by atoms with Crippen LogP contribution in [0.5, 0.6) is 0 Å². The molecule has 0 spiro atoms. The average molecular weight is 437 g/mol. The van der Waals surface area contributed by atoms with Gasteiger partial charge in [0, 0.05) is 32.4 Å². The number of nitrogens with zero attached hydrogens (tertiary/aromatic N) is 4. The predicted octanol–water partition coefficient (Wildman–Crippen LogP) is 1.18. The third kappa shape index (κ3) is 4.88. The van der Waals surface area contributed by atoms with Crippen molar-refractivity contribution >= 4 is 23.7 Å². The van der Waals surface area contributed by atoms with Crippen molar-refractivity contribution in [2.24, 2.45) is 0 Å². The second-order valence-electron chi connectivity index (χ2n) is 8.37. The molecule has 0 aliphatic carbocycles. The molecule has 0 saturated carbocycles. The number of urea groups is 1. The number of imide groups is 1. The number of rotatable bonds is 7.